The van der Waals surface area contributed by atoms with Crippen molar-refractivity contribution in [1.82, 2.24) is 5.32 Å². The SMILES string of the molecule is CC(C)(C)c1cc2ccccc2c(C(=O)Cc2ccccc2)c1O.CC(C)(C)c1ccc2c(c1)C(=O)NC2=O.CSc1ccc(C(C)(C)C)cc1.Cc1cc(C)cc(C(C)(C)C)c1.Cc1ccc(C(C)(C)C)cc1.O=S=O. The molecule has 77 heavy (non-hydrogen) atoms. The maximum atomic E-state index is 13.0. The largest absolute Gasteiger partial charge is 0.507 e. The number of rotatable bonds is 4. The summed E-state index contributed by atoms with van der Waals surface area (Å²) in [6, 6.07) is 49.1. The van der Waals surface area contributed by atoms with E-state index in [9.17, 15) is 19.5 Å². The van der Waals surface area contributed by atoms with Crippen LogP contribution >= 0.6 is 11.8 Å². The van der Waals surface area contributed by atoms with Crippen LogP contribution in [0.15, 0.2) is 150 Å². The summed E-state index contributed by atoms with van der Waals surface area (Å²) in [5.41, 5.74) is 13.1. The fourth-order valence-corrected chi connectivity index (χ4v) is 8.66. The third kappa shape index (κ3) is 20.2. The monoisotopic (exact) mass is 1080 g/mol. The molecular weight excluding hydrogens is 991 g/mol. The van der Waals surface area contributed by atoms with E-state index in [1.54, 1.807) is 23.9 Å². The van der Waals surface area contributed by atoms with Crippen LogP contribution < -0.4 is 5.32 Å². The highest BCUT2D eigenvalue weighted by atomic mass is 32.2. The molecule has 7 nitrogen and oxygen atoms in total. The number of fused-ring (bicyclic) bond motifs is 2. The molecule has 1 aliphatic rings. The lowest BCUT2D eigenvalue weighted by Gasteiger charge is -2.23. The van der Waals surface area contributed by atoms with Gasteiger partial charge in [-0.1, -0.05) is 236 Å². The van der Waals surface area contributed by atoms with Crippen LogP contribution in [0.2, 0.25) is 0 Å². The van der Waals surface area contributed by atoms with Crippen LogP contribution in [0.5, 0.6) is 5.75 Å². The summed E-state index contributed by atoms with van der Waals surface area (Å²) in [5, 5.41) is 14.9. The average molecular weight is 1080 g/mol. The molecule has 0 unspecified atom stereocenters. The van der Waals surface area contributed by atoms with Crippen LogP contribution in [0, 0.1) is 20.8 Å². The topological polar surface area (TPSA) is 118 Å². The van der Waals surface area contributed by atoms with Gasteiger partial charge in [0, 0.05) is 16.9 Å². The summed E-state index contributed by atoms with van der Waals surface area (Å²) in [6.07, 6.45) is 2.39. The molecular formula is C68H85NO6S2. The predicted octanol–water partition coefficient (Wildman–Crippen LogP) is 17.1. The van der Waals surface area contributed by atoms with Gasteiger partial charge in [-0.2, -0.15) is 8.42 Å². The molecule has 9 heteroatoms. The minimum Gasteiger partial charge on any atom is -0.507 e. The van der Waals surface area contributed by atoms with Crippen molar-refractivity contribution in [2.24, 2.45) is 0 Å². The van der Waals surface area contributed by atoms with Gasteiger partial charge in [0.1, 0.15) is 5.75 Å². The minimum atomic E-state index is -0.750. The molecule has 410 valence electrons. The summed E-state index contributed by atoms with van der Waals surface area (Å²) in [5.74, 6) is -0.528. The number of hydrogen-bond acceptors (Lipinski definition) is 7. The first kappa shape index (κ1) is 64.9. The number of Topliss-reactive ketones (excluding diaryl/α,β-unsaturated/α-hetero) is 1. The number of phenols is 1. The Morgan fingerprint density at radius 1 is 0.481 bits per heavy atom. The fraction of sp³-hybridized carbons (Fsp3) is 0.368. The highest BCUT2D eigenvalue weighted by Crippen LogP contribution is 2.39. The van der Waals surface area contributed by atoms with E-state index in [0.717, 1.165) is 27.5 Å². The van der Waals surface area contributed by atoms with Crippen LogP contribution in [-0.2, 0) is 45.1 Å². The molecule has 1 aliphatic heterocycles. The van der Waals surface area contributed by atoms with E-state index in [2.05, 4.69) is 182 Å². The van der Waals surface area contributed by atoms with E-state index < -0.39 is 11.6 Å². The second kappa shape index (κ2) is 27.8. The number of amides is 2. The Bertz CT molecular complexity index is 3100. The smallest absolute Gasteiger partial charge is 0.335 e. The van der Waals surface area contributed by atoms with Gasteiger partial charge >= 0.3 is 11.6 Å². The first-order valence-corrected chi connectivity index (χ1v) is 28.1. The van der Waals surface area contributed by atoms with Crippen LogP contribution in [0.1, 0.15) is 185 Å². The van der Waals surface area contributed by atoms with Crippen molar-refractivity contribution >= 4 is 51.7 Å². The lowest BCUT2D eigenvalue weighted by atomic mass is 9.82. The molecule has 0 aromatic heterocycles. The Balaban J connectivity index is 0.000000259. The number of phenolic OH excluding ortho intramolecular Hbond substituents is 1. The van der Waals surface area contributed by atoms with E-state index in [-0.39, 0.29) is 56.8 Å². The molecule has 0 fully saturated rings. The second-order valence-electron chi connectivity index (χ2n) is 24.8. The van der Waals surface area contributed by atoms with E-state index >= 15 is 0 Å². The number of hydrogen-bond donors (Lipinski definition) is 2. The number of aromatic hydroxyl groups is 1. The Kier molecular flexibility index (Phi) is 23.4. The third-order valence-corrected chi connectivity index (χ3v) is 13.6. The van der Waals surface area contributed by atoms with Crippen molar-refractivity contribution in [3.8, 4) is 5.75 Å². The Hall–Kier alpha value is -6.42. The van der Waals surface area contributed by atoms with Gasteiger partial charge in [-0.3, -0.25) is 19.7 Å². The fourth-order valence-electron chi connectivity index (χ4n) is 8.25. The third-order valence-electron chi connectivity index (χ3n) is 12.9. The molecule has 0 atom stereocenters. The van der Waals surface area contributed by atoms with Crippen molar-refractivity contribution in [3.05, 3.63) is 212 Å². The molecule has 7 aromatic carbocycles. The lowest BCUT2D eigenvalue weighted by Crippen LogP contribution is -2.20. The zero-order valence-electron chi connectivity index (χ0n) is 49.4. The Morgan fingerprint density at radius 3 is 1.39 bits per heavy atom. The predicted molar refractivity (Wildman–Crippen MR) is 326 cm³/mol. The van der Waals surface area contributed by atoms with E-state index in [0.29, 0.717) is 16.7 Å². The number of carbonyl (C=O) groups is 3. The van der Waals surface area contributed by atoms with Gasteiger partial charge in [-0.05, 0) is 123 Å². The van der Waals surface area contributed by atoms with Crippen LogP contribution in [0.3, 0.4) is 0 Å². The van der Waals surface area contributed by atoms with Crippen LogP contribution in [-0.4, -0.2) is 37.4 Å². The summed E-state index contributed by atoms with van der Waals surface area (Å²) in [6.45, 7) is 38.9. The van der Waals surface area contributed by atoms with Crippen molar-refractivity contribution in [1.29, 1.82) is 0 Å². The molecule has 1 heterocycles. The lowest BCUT2D eigenvalue weighted by molar-refractivity contribution is 0.0878. The zero-order chi connectivity index (χ0) is 58.3. The molecule has 0 aliphatic carbocycles. The minimum absolute atomic E-state index is 0.0129. The molecule has 0 bridgehead atoms. The molecule has 0 spiro atoms. The molecule has 8 rings (SSSR count). The molecule has 2 N–H and O–H groups in total. The van der Waals surface area contributed by atoms with E-state index in [4.69, 9.17) is 8.42 Å². The summed E-state index contributed by atoms with van der Waals surface area (Å²) in [4.78, 5) is 37.0. The molecule has 7 aromatic rings. The van der Waals surface area contributed by atoms with Gasteiger partial charge in [-0.25, -0.2) is 0 Å². The van der Waals surface area contributed by atoms with E-state index in [1.165, 1.54) is 38.3 Å². The standard InChI is InChI=1S/C22H22O2.C12H13NO2.C12H18.C11H16S.C11H16.O2S/c1-22(2,3)18-14-16-11-7-8-12-17(16)20(21(18)24)19(23)13-15-9-5-4-6-10-15;1-12(2,3)7-4-5-8-9(6-7)11(15)13-10(8)14;1-9-6-10(2)8-11(7-9)12(3,4)5;1-11(2,3)9-5-7-10(12-4)8-6-9;1-9-5-7-10(8-6-9)11(2,3)4;1-3-2/h4-12,14,24H,13H2,1-3H3;4-6H,1-3H3,(H,13,14,15);6-8H,1-5H3;5-8H,1-4H3;5-8H,1-4H3;. The van der Waals surface area contributed by atoms with Crippen LogP contribution in [0.4, 0.5) is 0 Å². The highest BCUT2D eigenvalue weighted by Gasteiger charge is 2.29. The van der Waals surface area contributed by atoms with Gasteiger partial charge in [0.15, 0.2) is 5.78 Å². The number of benzene rings is 7. The molecule has 0 saturated carbocycles. The van der Waals surface area contributed by atoms with Gasteiger partial charge in [0.25, 0.3) is 11.8 Å². The van der Waals surface area contributed by atoms with Gasteiger partial charge in [-0.15, -0.1) is 11.8 Å². The maximum absolute atomic E-state index is 13.0. The number of thioether (sulfide) groups is 1. The van der Waals surface area contributed by atoms with Crippen molar-refractivity contribution in [3.63, 3.8) is 0 Å². The van der Waals surface area contributed by atoms with Gasteiger partial charge in [0.2, 0.25) is 0 Å². The van der Waals surface area contributed by atoms with Crippen molar-refractivity contribution in [2.75, 3.05) is 6.26 Å². The maximum Gasteiger partial charge on any atom is 0.335 e. The Labute approximate surface area is 469 Å². The number of nitrogens with one attached hydrogen (secondary N) is 1. The summed E-state index contributed by atoms with van der Waals surface area (Å²) in [7, 11) is 0. The Morgan fingerprint density at radius 2 is 0.922 bits per heavy atom. The number of ketones is 1. The zero-order valence-corrected chi connectivity index (χ0v) is 51.0. The van der Waals surface area contributed by atoms with Crippen molar-refractivity contribution in [2.45, 2.75) is 163 Å². The van der Waals surface area contributed by atoms with E-state index in [1.807, 2.05) is 87.5 Å². The number of aryl methyl sites for hydroxylation is 3. The highest BCUT2D eigenvalue weighted by molar-refractivity contribution is 7.98. The molecule has 2 amide bonds. The van der Waals surface area contributed by atoms with Gasteiger partial charge in [0.05, 0.1) is 16.7 Å². The quantitative estimate of drug-likeness (QED) is 0.102. The second-order valence-corrected chi connectivity index (χ2v) is 25.8. The summed E-state index contributed by atoms with van der Waals surface area (Å²) < 4.78 is 16.6. The number of carbonyl (C=O) groups excluding carboxylic acids is 3. The molecule has 0 radical (unpaired) electrons. The first-order valence-electron chi connectivity index (χ1n) is 26.2. The van der Waals surface area contributed by atoms with Crippen molar-refractivity contribution < 1.29 is 27.9 Å². The summed E-state index contributed by atoms with van der Waals surface area (Å²) >= 11 is 1.04. The first-order chi connectivity index (χ1) is 35.6. The number of imide groups is 1. The average Bonchev–Trinajstić information content (AvgIpc) is 3.62. The molecule has 0 saturated heterocycles. The van der Waals surface area contributed by atoms with Gasteiger partial charge < -0.3 is 5.11 Å². The van der Waals surface area contributed by atoms with Crippen LogP contribution in [0.25, 0.3) is 10.8 Å². The normalized spacial score (nSPS) is 12.0.